The SMILES string of the molecule is CC(C)N(CCCl)C(=O)c1cc(F)cc(Br)c1. The number of benzene rings is 1. The predicted octanol–water partition coefficient (Wildman–Crippen LogP) is 3.68. The van der Waals surface area contributed by atoms with Crippen LogP contribution in [0, 0.1) is 5.82 Å². The summed E-state index contributed by atoms with van der Waals surface area (Å²) >= 11 is 8.83. The lowest BCUT2D eigenvalue weighted by molar-refractivity contribution is 0.0717. The molecule has 0 spiro atoms. The highest BCUT2D eigenvalue weighted by molar-refractivity contribution is 9.10. The molecule has 1 amide bonds. The van der Waals surface area contributed by atoms with Crippen molar-refractivity contribution in [2.24, 2.45) is 0 Å². The van der Waals surface area contributed by atoms with E-state index in [4.69, 9.17) is 11.6 Å². The Morgan fingerprint density at radius 3 is 2.59 bits per heavy atom. The number of hydrogen-bond acceptors (Lipinski definition) is 1. The molecule has 1 aromatic carbocycles. The van der Waals surface area contributed by atoms with Crippen LogP contribution < -0.4 is 0 Å². The van der Waals surface area contributed by atoms with Crippen LogP contribution in [0.2, 0.25) is 0 Å². The van der Waals surface area contributed by atoms with Gasteiger partial charge in [-0.1, -0.05) is 15.9 Å². The minimum absolute atomic E-state index is 0.0308. The average molecular weight is 323 g/mol. The summed E-state index contributed by atoms with van der Waals surface area (Å²) in [6, 6.07) is 4.19. The first kappa shape index (κ1) is 14.5. The van der Waals surface area contributed by atoms with Crippen LogP contribution in [0.15, 0.2) is 22.7 Å². The number of halogens is 3. The molecule has 0 aliphatic carbocycles. The molecule has 0 radical (unpaired) electrons. The van der Waals surface area contributed by atoms with Gasteiger partial charge in [0.25, 0.3) is 5.91 Å². The van der Waals surface area contributed by atoms with E-state index in [1.54, 1.807) is 11.0 Å². The topological polar surface area (TPSA) is 20.3 Å². The van der Waals surface area contributed by atoms with Crippen molar-refractivity contribution in [2.45, 2.75) is 19.9 Å². The molecule has 2 nitrogen and oxygen atoms in total. The van der Waals surface area contributed by atoms with Gasteiger partial charge in [0, 0.05) is 28.5 Å². The summed E-state index contributed by atoms with van der Waals surface area (Å²) in [5.41, 5.74) is 0.329. The molecular formula is C12H14BrClFNO. The molecule has 0 N–H and O–H groups in total. The second-order valence-corrected chi connectivity index (χ2v) is 5.23. The van der Waals surface area contributed by atoms with E-state index in [0.29, 0.717) is 22.5 Å². The van der Waals surface area contributed by atoms with Crippen LogP contribution in [-0.4, -0.2) is 29.3 Å². The van der Waals surface area contributed by atoms with Gasteiger partial charge in [-0.25, -0.2) is 4.39 Å². The van der Waals surface area contributed by atoms with Crippen LogP contribution >= 0.6 is 27.5 Å². The minimum atomic E-state index is -0.433. The highest BCUT2D eigenvalue weighted by Crippen LogP contribution is 2.17. The minimum Gasteiger partial charge on any atom is -0.335 e. The third-order valence-corrected chi connectivity index (χ3v) is 2.95. The molecule has 0 aliphatic heterocycles. The standard InChI is InChI=1S/C12H14BrClFNO/c1-8(2)16(4-3-14)12(17)9-5-10(13)7-11(15)6-9/h5-8H,3-4H2,1-2H3. The summed E-state index contributed by atoms with van der Waals surface area (Å²) in [7, 11) is 0. The molecule has 1 rings (SSSR count). The van der Waals surface area contributed by atoms with Gasteiger partial charge in [0.05, 0.1) is 0 Å². The van der Waals surface area contributed by atoms with E-state index >= 15 is 0 Å². The lowest BCUT2D eigenvalue weighted by Crippen LogP contribution is -2.38. The Labute approximate surface area is 114 Å². The summed E-state index contributed by atoms with van der Waals surface area (Å²) in [5.74, 6) is -0.279. The van der Waals surface area contributed by atoms with E-state index < -0.39 is 5.82 Å². The summed E-state index contributed by atoms with van der Waals surface area (Å²) in [5, 5.41) is 0. The van der Waals surface area contributed by atoms with Crippen molar-refractivity contribution in [2.75, 3.05) is 12.4 Å². The van der Waals surface area contributed by atoms with Crippen LogP contribution in [0.5, 0.6) is 0 Å². The van der Waals surface area contributed by atoms with Crippen LogP contribution in [-0.2, 0) is 0 Å². The van der Waals surface area contributed by atoms with Gasteiger partial charge < -0.3 is 4.90 Å². The van der Waals surface area contributed by atoms with Crippen molar-refractivity contribution in [3.05, 3.63) is 34.1 Å². The maximum atomic E-state index is 13.2. The van der Waals surface area contributed by atoms with E-state index in [-0.39, 0.29) is 11.9 Å². The average Bonchev–Trinajstić information content (AvgIpc) is 2.23. The monoisotopic (exact) mass is 321 g/mol. The Morgan fingerprint density at radius 1 is 1.47 bits per heavy atom. The van der Waals surface area contributed by atoms with Crippen LogP contribution in [0.25, 0.3) is 0 Å². The largest absolute Gasteiger partial charge is 0.335 e. The highest BCUT2D eigenvalue weighted by Gasteiger charge is 2.19. The summed E-state index contributed by atoms with van der Waals surface area (Å²) in [6.07, 6.45) is 0. The molecule has 1 aromatic rings. The van der Waals surface area contributed by atoms with Crippen molar-refractivity contribution < 1.29 is 9.18 Å². The number of alkyl halides is 1. The lowest BCUT2D eigenvalue weighted by atomic mass is 10.1. The molecular weight excluding hydrogens is 308 g/mol. The number of carbonyl (C=O) groups is 1. The number of nitrogens with zero attached hydrogens (tertiary/aromatic N) is 1. The van der Waals surface area contributed by atoms with Gasteiger partial charge in [-0.2, -0.15) is 0 Å². The fraction of sp³-hybridized carbons (Fsp3) is 0.417. The van der Waals surface area contributed by atoms with Crippen LogP contribution in [0.1, 0.15) is 24.2 Å². The third-order valence-electron chi connectivity index (χ3n) is 2.32. The van der Waals surface area contributed by atoms with Gasteiger partial charge in [0.2, 0.25) is 0 Å². The first-order valence-corrected chi connectivity index (χ1v) is 6.61. The molecule has 0 bridgehead atoms. The summed E-state index contributed by atoms with van der Waals surface area (Å²) in [6.45, 7) is 4.25. The van der Waals surface area contributed by atoms with E-state index in [9.17, 15) is 9.18 Å². The number of carbonyl (C=O) groups excluding carboxylic acids is 1. The van der Waals surface area contributed by atoms with Gasteiger partial charge in [0.1, 0.15) is 5.82 Å². The zero-order chi connectivity index (χ0) is 13.0. The zero-order valence-corrected chi connectivity index (χ0v) is 12.1. The molecule has 0 aliphatic rings. The highest BCUT2D eigenvalue weighted by atomic mass is 79.9. The number of hydrogen-bond donors (Lipinski definition) is 0. The van der Waals surface area contributed by atoms with E-state index in [1.807, 2.05) is 13.8 Å². The van der Waals surface area contributed by atoms with E-state index in [0.717, 1.165) is 0 Å². The number of amides is 1. The van der Waals surface area contributed by atoms with Gasteiger partial charge in [-0.05, 0) is 32.0 Å². The molecule has 0 atom stereocenters. The molecule has 0 heterocycles. The van der Waals surface area contributed by atoms with Crippen molar-refractivity contribution >= 4 is 33.4 Å². The Bertz CT molecular complexity index is 391. The van der Waals surface area contributed by atoms with Gasteiger partial charge in [-0.15, -0.1) is 11.6 Å². The van der Waals surface area contributed by atoms with Crippen molar-refractivity contribution in [3.8, 4) is 0 Å². The molecule has 0 saturated heterocycles. The lowest BCUT2D eigenvalue weighted by Gasteiger charge is -2.26. The predicted molar refractivity (Wildman–Crippen MR) is 71.0 cm³/mol. The molecule has 0 unspecified atom stereocenters. The fourth-order valence-electron chi connectivity index (χ4n) is 1.53. The van der Waals surface area contributed by atoms with Crippen molar-refractivity contribution in [3.63, 3.8) is 0 Å². The molecule has 17 heavy (non-hydrogen) atoms. The quantitative estimate of drug-likeness (QED) is 0.774. The fourth-order valence-corrected chi connectivity index (χ4v) is 2.18. The second kappa shape index (κ2) is 6.36. The summed E-state index contributed by atoms with van der Waals surface area (Å²) < 4.78 is 13.8. The smallest absolute Gasteiger partial charge is 0.254 e. The van der Waals surface area contributed by atoms with Crippen molar-refractivity contribution in [1.29, 1.82) is 0 Å². The molecule has 0 aromatic heterocycles. The number of rotatable bonds is 4. The van der Waals surface area contributed by atoms with Gasteiger partial charge in [0.15, 0.2) is 0 Å². The van der Waals surface area contributed by atoms with Crippen molar-refractivity contribution in [1.82, 2.24) is 4.90 Å². The second-order valence-electron chi connectivity index (χ2n) is 3.94. The third kappa shape index (κ3) is 3.96. The molecule has 0 saturated carbocycles. The first-order chi connectivity index (χ1) is 7.95. The van der Waals surface area contributed by atoms with Crippen LogP contribution in [0.3, 0.4) is 0 Å². The normalized spacial score (nSPS) is 10.7. The zero-order valence-electron chi connectivity index (χ0n) is 9.71. The Morgan fingerprint density at radius 2 is 2.12 bits per heavy atom. The van der Waals surface area contributed by atoms with Crippen LogP contribution in [0.4, 0.5) is 4.39 Å². The van der Waals surface area contributed by atoms with E-state index in [2.05, 4.69) is 15.9 Å². The molecule has 94 valence electrons. The molecule has 5 heteroatoms. The van der Waals surface area contributed by atoms with Gasteiger partial charge in [-0.3, -0.25) is 4.79 Å². The van der Waals surface area contributed by atoms with E-state index in [1.165, 1.54) is 12.1 Å². The van der Waals surface area contributed by atoms with Gasteiger partial charge >= 0.3 is 0 Å². The summed E-state index contributed by atoms with van der Waals surface area (Å²) in [4.78, 5) is 13.8. The Balaban J connectivity index is 3.00. The maximum absolute atomic E-state index is 13.2. The maximum Gasteiger partial charge on any atom is 0.254 e. The molecule has 0 fully saturated rings. The Hall–Kier alpha value is -0.610. The first-order valence-electron chi connectivity index (χ1n) is 5.28. The Kier molecular flexibility index (Phi) is 5.40.